The predicted octanol–water partition coefficient (Wildman–Crippen LogP) is 4.30. The van der Waals surface area contributed by atoms with Crippen molar-refractivity contribution in [2.75, 3.05) is 20.7 Å². The van der Waals surface area contributed by atoms with Crippen molar-refractivity contribution >= 4 is 13.4 Å². The van der Waals surface area contributed by atoms with E-state index < -0.39 is 7.44 Å². The Morgan fingerprint density at radius 3 is 2.39 bits per heavy atom. The topological polar surface area (TPSA) is 49.9 Å². The van der Waals surface area contributed by atoms with Crippen LogP contribution in [0.15, 0.2) is 42.2 Å². The molecule has 152 valence electrons. The average Bonchev–Trinajstić information content (AvgIpc) is 3.15. The summed E-state index contributed by atoms with van der Waals surface area (Å²) in [6.45, 7) is 0.460. The maximum absolute atomic E-state index is 13.7. The van der Waals surface area contributed by atoms with Crippen LogP contribution in [0.5, 0.6) is 0 Å². The molecule has 2 aliphatic heterocycles. The number of ether oxygens (including phenoxy) is 1. The standard InChI is InChI=1S/C22H31N2O3P/c1-23-20-12-6-7-13-21(20)24(2)28(23,26)14-8-11-18-16-27-22(25)19(18)15-17-9-4-3-5-10-17/h3-5,8-10,14,18-21H,6-7,11-13,15-16H2,1-2H3/b14-8+/t18-,19+,20+,21+/m0/s1. The number of hydrogen-bond acceptors (Lipinski definition) is 3. The van der Waals surface area contributed by atoms with Crippen LogP contribution in [0, 0.1) is 11.8 Å². The normalized spacial score (nSPS) is 33.3. The minimum Gasteiger partial charge on any atom is -0.465 e. The summed E-state index contributed by atoms with van der Waals surface area (Å²) >= 11 is 0. The van der Waals surface area contributed by atoms with E-state index in [1.54, 1.807) is 0 Å². The van der Waals surface area contributed by atoms with E-state index in [1.165, 1.54) is 12.8 Å². The second kappa shape index (κ2) is 8.14. The molecule has 5 nitrogen and oxygen atoms in total. The van der Waals surface area contributed by atoms with E-state index in [9.17, 15) is 9.36 Å². The smallest absolute Gasteiger partial charge is 0.309 e. The summed E-state index contributed by atoms with van der Waals surface area (Å²) in [5, 5.41) is 0. The Hall–Kier alpha value is -1.42. The van der Waals surface area contributed by atoms with Gasteiger partial charge >= 0.3 is 5.97 Å². The Labute approximate surface area is 168 Å². The first kappa shape index (κ1) is 19.9. The zero-order valence-corrected chi connectivity index (χ0v) is 17.8. The molecule has 28 heavy (non-hydrogen) atoms. The molecule has 1 aliphatic carbocycles. The molecule has 0 N–H and O–H groups in total. The van der Waals surface area contributed by atoms with Crippen molar-refractivity contribution in [3.63, 3.8) is 0 Å². The Balaban J connectivity index is 1.43. The van der Waals surface area contributed by atoms with Gasteiger partial charge in [0.05, 0.1) is 12.5 Å². The number of rotatable bonds is 5. The van der Waals surface area contributed by atoms with Gasteiger partial charge in [0, 0.05) is 23.8 Å². The van der Waals surface area contributed by atoms with Crippen LogP contribution in [0.3, 0.4) is 0 Å². The SMILES string of the molecule is CN1[C@@H]2CCCC[C@H]2N(C)P1(=O)/C=C/C[C@H]1COC(=O)[C@@H]1Cc1ccccc1. The quantitative estimate of drug-likeness (QED) is 0.543. The number of benzene rings is 1. The Bertz CT molecular complexity index is 759. The van der Waals surface area contributed by atoms with E-state index in [2.05, 4.69) is 21.5 Å². The van der Waals surface area contributed by atoms with Crippen molar-refractivity contribution in [3.05, 3.63) is 47.8 Å². The first-order valence-electron chi connectivity index (χ1n) is 10.5. The highest BCUT2D eigenvalue weighted by Gasteiger charge is 2.50. The van der Waals surface area contributed by atoms with E-state index in [1.807, 2.05) is 44.2 Å². The number of nitrogens with zero attached hydrogens (tertiary/aromatic N) is 2. The zero-order valence-electron chi connectivity index (χ0n) is 16.9. The molecule has 4 atom stereocenters. The van der Waals surface area contributed by atoms with Crippen molar-refractivity contribution in [1.82, 2.24) is 9.34 Å². The number of fused-ring (bicyclic) bond motifs is 1. The fraction of sp³-hybridized carbons (Fsp3) is 0.591. The molecule has 3 aliphatic rings. The highest BCUT2D eigenvalue weighted by atomic mass is 31.2. The first-order chi connectivity index (χ1) is 13.5. The van der Waals surface area contributed by atoms with Gasteiger partial charge in [-0.05, 0) is 45.3 Å². The minimum atomic E-state index is -2.66. The van der Waals surface area contributed by atoms with Gasteiger partial charge in [-0.25, -0.2) is 9.34 Å². The van der Waals surface area contributed by atoms with Crippen LogP contribution in [0.4, 0.5) is 0 Å². The summed E-state index contributed by atoms with van der Waals surface area (Å²) < 4.78 is 23.3. The van der Waals surface area contributed by atoms with E-state index in [4.69, 9.17) is 4.74 Å². The van der Waals surface area contributed by atoms with E-state index in [0.29, 0.717) is 25.1 Å². The number of carbonyl (C=O) groups excluding carboxylic acids is 1. The van der Waals surface area contributed by atoms with Gasteiger partial charge in [0.2, 0.25) is 7.44 Å². The molecule has 0 amide bonds. The highest BCUT2D eigenvalue weighted by molar-refractivity contribution is 7.62. The lowest BCUT2D eigenvalue weighted by molar-refractivity contribution is -0.141. The van der Waals surface area contributed by atoms with Gasteiger partial charge in [-0.1, -0.05) is 49.2 Å². The summed E-state index contributed by atoms with van der Waals surface area (Å²) in [6, 6.07) is 10.9. The summed E-state index contributed by atoms with van der Waals surface area (Å²) in [5.41, 5.74) is 1.16. The van der Waals surface area contributed by atoms with E-state index in [0.717, 1.165) is 24.8 Å². The lowest BCUT2D eigenvalue weighted by Crippen LogP contribution is -2.37. The van der Waals surface area contributed by atoms with Crippen LogP contribution in [0.1, 0.15) is 37.7 Å². The van der Waals surface area contributed by atoms with Gasteiger partial charge in [0.25, 0.3) is 0 Å². The lowest BCUT2D eigenvalue weighted by Gasteiger charge is -2.28. The van der Waals surface area contributed by atoms with Gasteiger partial charge in [0.1, 0.15) is 0 Å². The first-order valence-corrected chi connectivity index (χ1v) is 12.1. The van der Waals surface area contributed by atoms with E-state index in [-0.39, 0.29) is 17.8 Å². The van der Waals surface area contributed by atoms with Crippen molar-refractivity contribution in [2.24, 2.45) is 11.8 Å². The Morgan fingerprint density at radius 2 is 1.75 bits per heavy atom. The van der Waals surface area contributed by atoms with Crippen LogP contribution >= 0.6 is 7.44 Å². The summed E-state index contributed by atoms with van der Waals surface area (Å²) in [6.07, 6.45) is 8.19. The molecule has 1 aromatic rings. The molecule has 0 radical (unpaired) electrons. The van der Waals surface area contributed by atoms with Crippen molar-refractivity contribution in [2.45, 2.75) is 50.6 Å². The molecule has 2 saturated heterocycles. The molecule has 2 heterocycles. The maximum Gasteiger partial charge on any atom is 0.309 e. The second-order valence-electron chi connectivity index (χ2n) is 8.46. The molecule has 0 bridgehead atoms. The number of esters is 1. The van der Waals surface area contributed by atoms with Gasteiger partial charge in [-0.15, -0.1) is 0 Å². The number of likely N-dealkylation sites (N-methyl/N-ethyl adjacent to an activating group) is 2. The number of hydrogen-bond donors (Lipinski definition) is 0. The fourth-order valence-electron chi connectivity index (χ4n) is 5.15. The highest BCUT2D eigenvalue weighted by Crippen LogP contribution is 2.62. The van der Waals surface area contributed by atoms with Crippen LogP contribution in [0.2, 0.25) is 0 Å². The van der Waals surface area contributed by atoms with Crippen molar-refractivity contribution < 1.29 is 14.1 Å². The van der Waals surface area contributed by atoms with Gasteiger partial charge in [0.15, 0.2) is 0 Å². The second-order valence-corrected chi connectivity index (χ2v) is 11.2. The molecule has 4 rings (SSSR count). The number of carbonyl (C=O) groups is 1. The van der Waals surface area contributed by atoms with Crippen LogP contribution in [0.25, 0.3) is 0 Å². The molecule has 1 saturated carbocycles. The fourth-order valence-corrected chi connectivity index (χ4v) is 7.80. The third-order valence-electron chi connectivity index (χ3n) is 6.91. The molecule has 0 unspecified atom stereocenters. The third kappa shape index (κ3) is 3.60. The monoisotopic (exact) mass is 402 g/mol. The molecular formula is C22H31N2O3P. The predicted molar refractivity (Wildman–Crippen MR) is 111 cm³/mol. The largest absolute Gasteiger partial charge is 0.465 e. The maximum atomic E-state index is 13.7. The van der Waals surface area contributed by atoms with Crippen molar-refractivity contribution in [1.29, 1.82) is 0 Å². The lowest BCUT2D eigenvalue weighted by atomic mass is 9.87. The molecule has 0 spiro atoms. The van der Waals surface area contributed by atoms with Gasteiger partial charge in [-0.3, -0.25) is 9.36 Å². The summed E-state index contributed by atoms with van der Waals surface area (Å²) in [4.78, 5) is 12.2. The number of cyclic esters (lactones) is 1. The average molecular weight is 402 g/mol. The van der Waals surface area contributed by atoms with Crippen molar-refractivity contribution in [3.8, 4) is 0 Å². The molecule has 0 aromatic heterocycles. The summed E-state index contributed by atoms with van der Waals surface area (Å²) in [5.74, 6) is 1.86. The molecule has 6 heteroatoms. The third-order valence-corrected chi connectivity index (χ3v) is 9.91. The van der Waals surface area contributed by atoms with Crippen LogP contribution in [-0.4, -0.2) is 48.1 Å². The summed E-state index contributed by atoms with van der Waals surface area (Å²) in [7, 11) is 1.37. The van der Waals surface area contributed by atoms with Crippen LogP contribution < -0.4 is 0 Å². The minimum absolute atomic E-state index is 0.102. The zero-order chi connectivity index (χ0) is 19.7. The molecule has 1 aromatic carbocycles. The molecular weight excluding hydrogens is 371 g/mol. The Morgan fingerprint density at radius 1 is 1.11 bits per heavy atom. The Kier molecular flexibility index (Phi) is 5.78. The van der Waals surface area contributed by atoms with Gasteiger partial charge < -0.3 is 4.74 Å². The molecule has 3 fully saturated rings. The number of allylic oxidation sites excluding steroid dienone is 1. The van der Waals surface area contributed by atoms with Crippen LogP contribution in [-0.2, 0) is 20.5 Å². The van der Waals surface area contributed by atoms with Gasteiger partial charge in [-0.2, -0.15) is 0 Å². The van der Waals surface area contributed by atoms with E-state index >= 15 is 0 Å².